The summed E-state index contributed by atoms with van der Waals surface area (Å²) in [6, 6.07) is 19.0. The molecule has 0 aliphatic carbocycles. The Morgan fingerprint density at radius 1 is 0.938 bits per heavy atom. The summed E-state index contributed by atoms with van der Waals surface area (Å²) in [5, 5.41) is 3.72. The molecule has 0 atom stereocenters. The zero-order valence-corrected chi connectivity index (χ0v) is 18.2. The number of aromatic nitrogens is 1. The van der Waals surface area contributed by atoms with Crippen LogP contribution in [0.4, 0.5) is 15.8 Å². The molecule has 4 rings (SSSR count). The van der Waals surface area contributed by atoms with Gasteiger partial charge in [0.15, 0.2) is 0 Å². The van der Waals surface area contributed by atoms with Crippen LogP contribution in [-0.2, 0) is 4.79 Å². The molecule has 164 valence electrons. The first-order chi connectivity index (χ1) is 15.6. The van der Waals surface area contributed by atoms with Crippen LogP contribution in [0.3, 0.4) is 0 Å². The van der Waals surface area contributed by atoms with Crippen molar-refractivity contribution in [2.45, 2.75) is 5.03 Å². The number of nitrogens with one attached hydrogen (secondary N) is 1. The Hall–Kier alpha value is -3.39. The van der Waals surface area contributed by atoms with Gasteiger partial charge >= 0.3 is 0 Å². The fraction of sp³-hybridized carbons (Fsp3) is 0.208. The quantitative estimate of drug-likeness (QED) is 0.577. The number of thioether (sulfide) groups is 1. The smallest absolute Gasteiger partial charge is 0.253 e. The molecule has 2 amide bonds. The molecule has 0 spiro atoms. The second kappa shape index (κ2) is 10.3. The average molecular weight is 451 g/mol. The third-order valence-corrected chi connectivity index (χ3v) is 6.11. The Bertz CT molecular complexity index is 1050. The van der Waals surface area contributed by atoms with E-state index in [1.807, 2.05) is 42.5 Å². The summed E-state index contributed by atoms with van der Waals surface area (Å²) in [6.45, 7) is 2.61. The van der Waals surface area contributed by atoms with Crippen molar-refractivity contribution in [3.8, 4) is 0 Å². The maximum Gasteiger partial charge on any atom is 0.253 e. The third kappa shape index (κ3) is 5.64. The van der Waals surface area contributed by atoms with Gasteiger partial charge in [-0.2, -0.15) is 0 Å². The molecule has 32 heavy (non-hydrogen) atoms. The molecular formula is C24H23FN4O2S. The molecule has 8 heteroatoms. The summed E-state index contributed by atoms with van der Waals surface area (Å²) in [5.41, 5.74) is 2.28. The van der Waals surface area contributed by atoms with Crippen molar-refractivity contribution in [3.63, 3.8) is 0 Å². The zero-order chi connectivity index (χ0) is 22.3. The Morgan fingerprint density at radius 3 is 2.31 bits per heavy atom. The Kier molecular flexibility index (Phi) is 7.01. The number of piperazine rings is 1. The molecule has 1 aromatic heterocycles. The fourth-order valence-electron chi connectivity index (χ4n) is 3.47. The van der Waals surface area contributed by atoms with Gasteiger partial charge in [0.2, 0.25) is 5.91 Å². The van der Waals surface area contributed by atoms with E-state index < -0.39 is 0 Å². The van der Waals surface area contributed by atoms with E-state index in [0.29, 0.717) is 37.5 Å². The lowest BCUT2D eigenvalue weighted by Gasteiger charge is -2.36. The highest BCUT2D eigenvalue weighted by Crippen LogP contribution is 2.21. The predicted octanol–water partition coefficient (Wildman–Crippen LogP) is 3.91. The SMILES string of the molecule is O=C(CSc1ccccn1)Nc1ccc(N2CCN(C(=O)c3ccc(F)cc3)CC2)cc1. The van der Waals surface area contributed by atoms with Crippen molar-refractivity contribution in [2.75, 3.05) is 42.1 Å². The molecular weight excluding hydrogens is 427 g/mol. The minimum absolute atomic E-state index is 0.0775. The van der Waals surface area contributed by atoms with Gasteiger partial charge in [-0.3, -0.25) is 9.59 Å². The highest BCUT2D eigenvalue weighted by atomic mass is 32.2. The van der Waals surface area contributed by atoms with Gasteiger partial charge in [-0.15, -0.1) is 0 Å². The van der Waals surface area contributed by atoms with Gasteiger partial charge in [-0.1, -0.05) is 17.8 Å². The Labute approximate surface area is 190 Å². The van der Waals surface area contributed by atoms with Gasteiger partial charge in [0.25, 0.3) is 5.91 Å². The first-order valence-electron chi connectivity index (χ1n) is 10.3. The molecule has 2 heterocycles. The maximum atomic E-state index is 13.1. The Balaban J connectivity index is 1.26. The van der Waals surface area contributed by atoms with Crippen molar-refractivity contribution < 1.29 is 14.0 Å². The summed E-state index contributed by atoms with van der Waals surface area (Å²) in [6.07, 6.45) is 1.71. The molecule has 0 saturated carbocycles. The van der Waals surface area contributed by atoms with Crippen LogP contribution in [0.15, 0.2) is 78.0 Å². The van der Waals surface area contributed by atoms with Crippen molar-refractivity contribution >= 4 is 35.0 Å². The third-order valence-electron chi connectivity index (χ3n) is 5.16. The maximum absolute atomic E-state index is 13.1. The molecule has 0 unspecified atom stereocenters. The van der Waals surface area contributed by atoms with Crippen molar-refractivity contribution in [3.05, 3.63) is 84.3 Å². The zero-order valence-electron chi connectivity index (χ0n) is 17.4. The molecule has 1 N–H and O–H groups in total. The molecule has 1 saturated heterocycles. The second-order valence-corrected chi connectivity index (χ2v) is 8.33. The lowest BCUT2D eigenvalue weighted by Crippen LogP contribution is -2.48. The molecule has 0 bridgehead atoms. The van der Waals surface area contributed by atoms with Crippen LogP contribution in [0, 0.1) is 5.82 Å². The normalized spacial score (nSPS) is 13.7. The van der Waals surface area contributed by atoms with Crippen LogP contribution in [0.25, 0.3) is 0 Å². The lowest BCUT2D eigenvalue weighted by atomic mass is 10.1. The van der Waals surface area contributed by atoms with Gasteiger partial charge in [-0.25, -0.2) is 9.37 Å². The number of benzene rings is 2. The minimum Gasteiger partial charge on any atom is -0.368 e. The van der Waals surface area contributed by atoms with E-state index in [1.54, 1.807) is 11.1 Å². The van der Waals surface area contributed by atoms with Crippen LogP contribution in [0.1, 0.15) is 10.4 Å². The van der Waals surface area contributed by atoms with E-state index in [9.17, 15) is 14.0 Å². The summed E-state index contributed by atoms with van der Waals surface area (Å²) < 4.78 is 13.1. The molecule has 1 aliphatic heterocycles. The summed E-state index contributed by atoms with van der Waals surface area (Å²) >= 11 is 1.39. The number of hydrogen-bond donors (Lipinski definition) is 1. The number of carbonyl (C=O) groups is 2. The number of halogens is 1. The monoisotopic (exact) mass is 450 g/mol. The number of carbonyl (C=O) groups excluding carboxylic acids is 2. The second-order valence-electron chi connectivity index (χ2n) is 7.34. The largest absolute Gasteiger partial charge is 0.368 e. The van der Waals surface area contributed by atoms with Crippen LogP contribution in [-0.4, -0.2) is 53.6 Å². The van der Waals surface area contributed by atoms with Gasteiger partial charge in [0, 0.05) is 49.3 Å². The average Bonchev–Trinajstić information content (AvgIpc) is 2.84. The molecule has 3 aromatic rings. The molecule has 1 fully saturated rings. The van der Waals surface area contributed by atoms with E-state index in [-0.39, 0.29) is 17.6 Å². The van der Waals surface area contributed by atoms with E-state index in [1.165, 1.54) is 36.0 Å². The van der Waals surface area contributed by atoms with E-state index >= 15 is 0 Å². The Morgan fingerprint density at radius 2 is 1.66 bits per heavy atom. The number of hydrogen-bond acceptors (Lipinski definition) is 5. The van der Waals surface area contributed by atoms with Gasteiger partial charge in [0.1, 0.15) is 5.82 Å². The van der Waals surface area contributed by atoms with Crippen molar-refractivity contribution in [2.24, 2.45) is 0 Å². The number of nitrogens with zero attached hydrogens (tertiary/aromatic N) is 3. The summed E-state index contributed by atoms with van der Waals surface area (Å²) in [4.78, 5) is 33.0. The van der Waals surface area contributed by atoms with Gasteiger partial charge in [0.05, 0.1) is 10.8 Å². The summed E-state index contributed by atoms with van der Waals surface area (Å²) in [7, 11) is 0. The number of amides is 2. The number of anilines is 2. The van der Waals surface area contributed by atoms with Gasteiger partial charge in [-0.05, 0) is 60.7 Å². The van der Waals surface area contributed by atoms with Gasteiger partial charge < -0.3 is 15.1 Å². The van der Waals surface area contributed by atoms with Crippen molar-refractivity contribution in [1.29, 1.82) is 0 Å². The van der Waals surface area contributed by atoms with Crippen LogP contribution in [0.2, 0.25) is 0 Å². The molecule has 0 radical (unpaired) electrons. The first-order valence-corrected chi connectivity index (χ1v) is 11.3. The minimum atomic E-state index is -0.349. The summed E-state index contributed by atoms with van der Waals surface area (Å²) in [5.74, 6) is -0.214. The number of rotatable bonds is 6. The van der Waals surface area contributed by atoms with Crippen molar-refractivity contribution in [1.82, 2.24) is 9.88 Å². The van der Waals surface area contributed by atoms with E-state index in [2.05, 4.69) is 15.2 Å². The van der Waals surface area contributed by atoms with Crippen LogP contribution >= 0.6 is 11.8 Å². The topological polar surface area (TPSA) is 65.5 Å². The molecule has 1 aliphatic rings. The molecule has 2 aromatic carbocycles. The van der Waals surface area contributed by atoms with E-state index in [0.717, 1.165) is 16.4 Å². The van der Waals surface area contributed by atoms with E-state index in [4.69, 9.17) is 0 Å². The first kappa shape index (κ1) is 21.8. The highest BCUT2D eigenvalue weighted by molar-refractivity contribution is 7.99. The van der Waals surface area contributed by atoms with Crippen LogP contribution in [0.5, 0.6) is 0 Å². The fourth-order valence-corrected chi connectivity index (χ4v) is 4.13. The predicted molar refractivity (Wildman–Crippen MR) is 125 cm³/mol. The lowest BCUT2D eigenvalue weighted by molar-refractivity contribution is -0.113. The number of pyridine rings is 1. The standard InChI is InChI=1S/C24H23FN4O2S/c25-19-6-4-18(5-7-19)24(31)29-15-13-28(14-16-29)21-10-8-20(9-11-21)27-22(30)17-32-23-3-1-2-12-26-23/h1-12H,13-17H2,(H,27,30). The van der Waals surface area contributed by atoms with Crippen LogP contribution < -0.4 is 10.2 Å². The highest BCUT2D eigenvalue weighted by Gasteiger charge is 2.22. The molecule has 6 nitrogen and oxygen atoms in total.